The van der Waals surface area contributed by atoms with Gasteiger partial charge in [-0.05, 0) is 144 Å². The second-order valence-electron chi connectivity index (χ2n) is 18.0. The van der Waals surface area contributed by atoms with Crippen molar-refractivity contribution >= 4 is 106 Å². The van der Waals surface area contributed by atoms with E-state index in [1.54, 1.807) is 110 Å². The van der Waals surface area contributed by atoms with Gasteiger partial charge in [-0.2, -0.15) is 0 Å². The van der Waals surface area contributed by atoms with Crippen LogP contribution in [0.4, 0.5) is 0 Å². The van der Waals surface area contributed by atoms with Gasteiger partial charge in [-0.15, -0.1) is 0 Å². The molecule has 1 aromatic heterocycles. The first-order valence-corrected chi connectivity index (χ1v) is 27.7. The molecule has 23 heteroatoms. The molecule has 7 aromatic rings. The highest BCUT2D eigenvalue weighted by atomic mass is 79.9. The van der Waals surface area contributed by atoms with E-state index in [1.807, 2.05) is 0 Å². The smallest absolute Gasteiger partial charge is 0.308 e. The Balaban J connectivity index is 0.000000192. The van der Waals surface area contributed by atoms with E-state index in [0.717, 1.165) is 11.1 Å². The fourth-order valence-corrected chi connectivity index (χ4v) is 9.86. The minimum atomic E-state index is -0.791. The van der Waals surface area contributed by atoms with Crippen LogP contribution in [0.5, 0.6) is 46.0 Å². The van der Waals surface area contributed by atoms with Crippen LogP contribution in [0.15, 0.2) is 138 Å². The van der Waals surface area contributed by atoms with E-state index in [-0.39, 0.29) is 53.6 Å². The van der Waals surface area contributed by atoms with Crippen molar-refractivity contribution in [1.82, 2.24) is 0 Å². The van der Waals surface area contributed by atoms with Gasteiger partial charge in [-0.3, -0.25) is 43.2 Å². The van der Waals surface area contributed by atoms with Crippen LogP contribution in [-0.2, 0) is 38.3 Å². The maximum Gasteiger partial charge on any atom is 0.308 e. The minimum Gasteiger partial charge on any atom is -0.491 e. The molecule has 9 rings (SSSR count). The average molecular weight is 1350 g/mol. The first-order valence-electron chi connectivity index (χ1n) is 25.3. The second kappa shape index (κ2) is 29.6. The predicted octanol–water partition coefficient (Wildman–Crippen LogP) is 11.8. The van der Waals surface area contributed by atoms with Crippen molar-refractivity contribution in [3.05, 3.63) is 161 Å². The molecule has 2 aliphatic heterocycles. The number of rotatable bonds is 10. The van der Waals surface area contributed by atoms with E-state index < -0.39 is 41.9 Å². The molecule has 3 heterocycles. The first-order chi connectivity index (χ1) is 39.9. The highest BCUT2D eigenvalue weighted by Gasteiger charge is 2.34. The monoisotopic (exact) mass is 1340 g/mol. The van der Waals surface area contributed by atoms with E-state index in [0.29, 0.717) is 87.9 Å². The van der Waals surface area contributed by atoms with Gasteiger partial charge >= 0.3 is 41.8 Å². The van der Waals surface area contributed by atoms with E-state index in [4.69, 9.17) is 42.3 Å². The van der Waals surface area contributed by atoms with Gasteiger partial charge in [0.1, 0.15) is 72.3 Å². The number of ketones is 1. The zero-order valence-corrected chi connectivity index (χ0v) is 50.9. The van der Waals surface area contributed by atoms with Gasteiger partial charge in [0.15, 0.2) is 11.4 Å². The number of carbonyl (C=O) groups is 8. The van der Waals surface area contributed by atoms with Crippen LogP contribution < -0.4 is 43.3 Å². The first kappa shape index (κ1) is 64.7. The summed E-state index contributed by atoms with van der Waals surface area (Å²) in [6.07, 6.45) is 0.550. The molecule has 0 amide bonds. The maximum absolute atomic E-state index is 12.9. The lowest BCUT2D eigenvalue weighted by Gasteiger charge is -2.31. The Labute approximate surface area is 505 Å². The minimum absolute atomic E-state index is 0.0958. The number of ether oxygens (including phenoxy) is 9. The number of fused-ring (bicyclic) bond motifs is 3. The lowest BCUT2D eigenvalue weighted by atomic mass is 9.87. The third-order valence-corrected chi connectivity index (χ3v) is 14.0. The van der Waals surface area contributed by atoms with Gasteiger partial charge < -0.3 is 52.2 Å². The zero-order valence-electron chi connectivity index (χ0n) is 46.2. The molecular formula is C61H53Br3O20. The molecular weight excluding hydrogens is 1290 g/mol. The molecule has 0 bridgehead atoms. The molecule has 0 aliphatic carbocycles. The molecule has 3 unspecified atom stereocenters. The summed E-state index contributed by atoms with van der Waals surface area (Å²) in [6.45, 7) is 11.9. The molecule has 1 N–H and O–H groups in total. The molecule has 84 heavy (non-hydrogen) atoms. The van der Waals surface area contributed by atoms with Gasteiger partial charge in [0.05, 0.1) is 41.7 Å². The van der Waals surface area contributed by atoms with Gasteiger partial charge in [0.2, 0.25) is 5.43 Å². The second-order valence-corrected chi connectivity index (χ2v) is 20.4. The van der Waals surface area contributed by atoms with Gasteiger partial charge in [-0.1, -0.05) is 36.4 Å². The number of hydrogen-bond donors (Lipinski definition) is 1. The number of carbonyl (C=O) groups excluding carboxylic acids is 8. The van der Waals surface area contributed by atoms with Crippen molar-refractivity contribution in [2.24, 2.45) is 0 Å². The Kier molecular flexibility index (Phi) is 22.8. The molecule has 20 nitrogen and oxygen atoms in total. The molecule has 0 radical (unpaired) electrons. The predicted molar refractivity (Wildman–Crippen MR) is 313 cm³/mol. The molecule has 6 aromatic carbocycles. The third-order valence-electron chi connectivity index (χ3n) is 11.7. The SMILES string of the molecule is CC(=O)Oc1ccc(-c2coc3c(Br)c(OC(C)=O)ccc3c2=O)cc1.CC(=O)Oc1ccc(C2COc3c(ccc(OC(C)=O)c3Br)C2=O)cc1.CC(=O)Oc1ccc(C2COc3c(ccc(OC(C)=O)c3Br)C2O)cc1.CCOC(C)=O. The van der Waals surface area contributed by atoms with Crippen LogP contribution in [-0.4, -0.2) is 72.5 Å². The summed E-state index contributed by atoms with van der Waals surface area (Å²) < 4.78 is 53.2. The fourth-order valence-electron chi connectivity index (χ4n) is 8.25. The third kappa shape index (κ3) is 17.1. The van der Waals surface area contributed by atoms with Crippen LogP contribution in [0.2, 0.25) is 0 Å². The highest BCUT2D eigenvalue weighted by Crippen LogP contribution is 2.48. The summed E-state index contributed by atoms with van der Waals surface area (Å²) in [4.78, 5) is 102. The van der Waals surface area contributed by atoms with Gasteiger partial charge in [-0.25, -0.2) is 0 Å². The number of halogens is 3. The van der Waals surface area contributed by atoms with Crippen molar-refractivity contribution in [2.75, 3.05) is 19.8 Å². The van der Waals surface area contributed by atoms with Crippen molar-refractivity contribution in [1.29, 1.82) is 0 Å². The number of aliphatic hydroxyl groups is 1. The highest BCUT2D eigenvalue weighted by molar-refractivity contribution is 9.11. The lowest BCUT2D eigenvalue weighted by molar-refractivity contribution is -0.140. The molecule has 438 valence electrons. The Bertz CT molecular complexity index is 3690. The molecule has 2 aliphatic rings. The number of hydrogen-bond acceptors (Lipinski definition) is 20. The van der Waals surface area contributed by atoms with Crippen molar-refractivity contribution in [3.8, 4) is 57.1 Å². The van der Waals surface area contributed by atoms with Crippen LogP contribution in [0, 0.1) is 0 Å². The van der Waals surface area contributed by atoms with Crippen LogP contribution in [0.3, 0.4) is 0 Å². The number of aliphatic hydroxyl groups excluding tert-OH is 1. The quantitative estimate of drug-likeness (QED) is 0.0984. The standard InChI is InChI=1S/C19H17BrO6.C19H15BrO6.C19H13BrO6.C4H8O2/c3*1-10(21)25-13-5-3-12(4-6-13)15-9-24-19-14(18(15)23)7-8-16(17(19)20)26-11(2)22;1-3-6-4(2)5/h3-8,15,18,23H,9H2,1-2H3;3-8,15H,9H2,1-2H3;3-9H,1-2H3;3H2,1-2H3. The summed E-state index contributed by atoms with van der Waals surface area (Å²) in [5.41, 5.74) is 3.67. The Morgan fingerprint density at radius 2 is 0.940 bits per heavy atom. The van der Waals surface area contributed by atoms with Crippen molar-refractivity contribution in [3.63, 3.8) is 0 Å². The Hall–Kier alpha value is -8.51. The molecule has 0 fully saturated rings. The van der Waals surface area contributed by atoms with Gasteiger partial charge in [0.25, 0.3) is 0 Å². The van der Waals surface area contributed by atoms with Crippen LogP contribution in [0.1, 0.15) is 100 Å². The van der Waals surface area contributed by atoms with Crippen molar-refractivity contribution < 1.29 is 90.5 Å². The van der Waals surface area contributed by atoms with Gasteiger partial charge in [0, 0.05) is 59.9 Å². The van der Waals surface area contributed by atoms with Crippen molar-refractivity contribution in [2.45, 2.75) is 73.3 Å². The maximum atomic E-state index is 12.9. The largest absolute Gasteiger partial charge is 0.491 e. The molecule has 3 atom stereocenters. The van der Waals surface area contributed by atoms with E-state index in [1.165, 1.54) is 60.8 Å². The average Bonchev–Trinajstić information content (AvgIpc) is 3.57. The van der Waals surface area contributed by atoms with E-state index >= 15 is 0 Å². The fraction of sp³-hybridized carbons (Fsp3) is 0.230. The topological polar surface area (TPSA) is 270 Å². The summed E-state index contributed by atoms with van der Waals surface area (Å²) >= 11 is 10.00. The zero-order chi connectivity index (χ0) is 61.5. The summed E-state index contributed by atoms with van der Waals surface area (Å²) in [7, 11) is 0. The summed E-state index contributed by atoms with van der Waals surface area (Å²) in [6, 6.07) is 29.7. The summed E-state index contributed by atoms with van der Waals surface area (Å²) in [5, 5.41) is 11.1. The number of esters is 7. The lowest BCUT2D eigenvalue weighted by Crippen LogP contribution is -2.26. The normalized spacial score (nSPS) is 14.4. The van der Waals surface area contributed by atoms with Crippen LogP contribution in [0.25, 0.3) is 22.1 Å². The Morgan fingerprint density at radius 1 is 0.500 bits per heavy atom. The molecule has 0 saturated carbocycles. The Morgan fingerprint density at radius 3 is 1.42 bits per heavy atom. The summed E-state index contributed by atoms with van der Waals surface area (Å²) in [5.74, 6) is -0.655. The van der Waals surface area contributed by atoms with E-state index in [2.05, 4.69) is 52.5 Å². The molecule has 0 spiro atoms. The number of benzene rings is 6. The number of Topliss-reactive ketones (excluding diaryl/α,β-unsaturated/α-hetero) is 1. The van der Waals surface area contributed by atoms with Crippen LogP contribution >= 0.6 is 47.8 Å². The molecule has 0 saturated heterocycles. The van der Waals surface area contributed by atoms with E-state index in [9.17, 15) is 48.3 Å².